The summed E-state index contributed by atoms with van der Waals surface area (Å²) in [7, 11) is 0. The fourth-order valence-corrected chi connectivity index (χ4v) is 1.99. The van der Waals surface area contributed by atoms with Crippen molar-refractivity contribution in [3.63, 3.8) is 0 Å². The molecule has 0 radical (unpaired) electrons. The van der Waals surface area contributed by atoms with Gasteiger partial charge in [0.25, 0.3) is 0 Å². The molecule has 0 spiro atoms. The van der Waals surface area contributed by atoms with Gasteiger partial charge in [-0.25, -0.2) is 8.78 Å². The van der Waals surface area contributed by atoms with Crippen molar-refractivity contribution in [1.82, 2.24) is 5.32 Å². The van der Waals surface area contributed by atoms with Gasteiger partial charge in [0.2, 0.25) is 5.91 Å². The predicted octanol–water partition coefficient (Wildman–Crippen LogP) is 1.67. The van der Waals surface area contributed by atoms with Crippen molar-refractivity contribution in [3.8, 4) is 0 Å². The van der Waals surface area contributed by atoms with Gasteiger partial charge < -0.3 is 15.5 Å². The molecule has 0 aliphatic carbocycles. The fraction of sp³-hybridized carbons (Fsp3) is 0.529. The monoisotopic (exact) mass is 343 g/mol. The van der Waals surface area contributed by atoms with Gasteiger partial charge in [0.15, 0.2) is 17.4 Å². The van der Waals surface area contributed by atoms with Crippen molar-refractivity contribution in [3.05, 3.63) is 35.4 Å². The summed E-state index contributed by atoms with van der Waals surface area (Å²) in [6, 6.07) is 2.94. The second kappa shape index (κ2) is 8.30. The van der Waals surface area contributed by atoms with Crippen LogP contribution in [0.1, 0.15) is 37.6 Å². The number of carbonyl (C=O) groups excluding carboxylic acids is 2. The molecule has 1 rings (SSSR count). The molecule has 1 amide bonds. The Hall–Kier alpha value is -1.86. The van der Waals surface area contributed by atoms with E-state index in [1.54, 1.807) is 20.8 Å². The van der Waals surface area contributed by atoms with Crippen LogP contribution in [0.4, 0.5) is 8.78 Å². The van der Waals surface area contributed by atoms with Crippen molar-refractivity contribution < 1.29 is 28.6 Å². The maximum Gasteiger partial charge on any atom is 0.249 e. The first-order chi connectivity index (χ1) is 11.1. The van der Waals surface area contributed by atoms with Crippen LogP contribution in [-0.4, -0.2) is 41.2 Å². The van der Waals surface area contributed by atoms with E-state index in [4.69, 9.17) is 5.11 Å². The van der Waals surface area contributed by atoms with E-state index in [1.807, 2.05) is 0 Å². The van der Waals surface area contributed by atoms with Crippen LogP contribution < -0.4 is 5.32 Å². The molecule has 0 heterocycles. The number of halogens is 2. The molecular formula is C17H23F2NO4. The summed E-state index contributed by atoms with van der Waals surface area (Å²) >= 11 is 0. The minimum atomic E-state index is -1.38. The Kier molecular flexibility index (Phi) is 6.98. The van der Waals surface area contributed by atoms with Crippen molar-refractivity contribution in [1.29, 1.82) is 0 Å². The molecule has 5 nitrogen and oxygen atoms in total. The second-order valence-electron chi connectivity index (χ2n) is 6.66. The van der Waals surface area contributed by atoms with Gasteiger partial charge >= 0.3 is 0 Å². The summed E-state index contributed by atoms with van der Waals surface area (Å²) in [4.78, 5) is 23.9. The summed E-state index contributed by atoms with van der Waals surface area (Å²) in [6.07, 6.45) is -1.35. The van der Waals surface area contributed by atoms with Crippen LogP contribution >= 0.6 is 0 Å². The average Bonchev–Trinajstić information content (AvgIpc) is 2.54. The standard InChI is InChI=1S/C17H23F2NO4/c1-10(8-20-16(24)15(23)17(2,3)9-21)6-14(22)11-4-5-12(18)13(19)7-11/h4-5,7,10,15,21,23H,6,8-9H2,1-3H3,(H,20,24)/t10-,15+/m1/s1. The zero-order valence-corrected chi connectivity index (χ0v) is 14.0. The number of hydrogen-bond acceptors (Lipinski definition) is 4. The van der Waals surface area contributed by atoms with Crippen molar-refractivity contribution in [2.45, 2.75) is 33.3 Å². The maximum atomic E-state index is 13.1. The van der Waals surface area contributed by atoms with Gasteiger partial charge in [0.1, 0.15) is 6.10 Å². The topological polar surface area (TPSA) is 86.6 Å². The van der Waals surface area contributed by atoms with Crippen LogP contribution in [0, 0.1) is 23.0 Å². The van der Waals surface area contributed by atoms with Gasteiger partial charge in [-0.3, -0.25) is 9.59 Å². The molecule has 24 heavy (non-hydrogen) atoms. The van der Waals surface area contributed by atoms with E-state index >= 15 is 0 Å². The molecule has 1 aromatic carbocycles. The molecule has 0 saturated carbocycles. The van der Waals surface area contributed by atoms with E-state index in [-0.39, 0.29) is 36.8 Å². The predicted molar refractivity (Wildman–Crippen MR) is 84.4 cm³/mol. The highest BCUT2D eigenvalue weighted by Crippen LogP contribution is 2.19. The molecule has 1 aromatic rings. The van der Waals surface area contributed by atoms with E-state index in [0.717, 1.165) is 12.1 Å². The molecule has 0 aromatic heterocycles. The normalized spacial score (nSPS) is 14.1. The Labute approximate surface area is 139 Å². The minimum Gasteiger partial charge on any atom is -0.396 e. The third-order valence-electron chi connectivity index (χ3n) is 3.80. The summed E-state index contributed by atoms with van der Waals surface area (Å²) < 4.78 is 26.0. The SMILES string of the molecule is C[C@@H](CNC(=O)[C@H](O)C(C)(C)CO)CC(=O)c1ccc(F)c(F)c1. The maximum absolute atomic E-state index is 13.1. The molecule has 134 valence electrons. The Bertz CT molecular complexity index is 604. The number of aliphatic hydroxyl groups excluding tert-OH is 2. The number of rotatable bonds is 8. The van der Waals surface area contributed by atoms with Gasteiger partial charge in [-0.05, 0) is 24.1 Å². The number of carbonyl (C=O) groups is 2. The molecule has 0 bridgehead atoms. The Balaban J connectivity index is 2.54. The number of nitrogens with one attached hydrogen (secondary N) is 1. The molecule has 2 atom stereocenters. The molecule has 0 unspecified atom stereocenters. The molecule has 0 aliphatic rings. The second-order valence-corrected chi connectivity index (χ2v) is 6.66. The lowest BCUT2D eigenvalue weighted by atomic mass is 9.87. The highest BCUT2D eigenvalue weighted by Gasteiger charge is 2.32. The van der Waals surface area contributed by atoms with Crippen LogP contribution in [0.3, 0.4) is 0 Å². The number of ketones is 1. The molecule has 7 heteroatoms. The van der Waals surface area contributed by atoms with Crippen molar-refractivity contribution in [2.24, 2.45) is 11.3 Å². The Morgan fingerprint density at radius 2 is 1.88 bits per heavy atom. The highest BCUT2D eigenvalue weighted by molar-refractivity contribution is 5.96. The molecule has 3 N–H and O–H groups in total. The van der Waals surface area contributed by atoms with Crippen molar-refractivity contribution in [2.75, 3.05) is 13.2 Å². The smallest absolute Gasteiger partial charge is 0.249 e. The number of Topliss-reactive ketones (excluding diaryl/α,β-unsaturated/α-hetero) is 1. The largest absolute Gasteiger partial charge is 0.396 e. The zero-order chi connectivity index (χ0) is 18.5. The highest BCUT2D eigenvalue weighted by atomic mass is 19.2. The third-order valence-corrected chi connectivity index (χ3v) is 3.80. The van der Waals surface area contributed by atoms with Gasteiger partial charge in [-0.1, -0.05) is 20.8 Å². The Morgan fingerprint density at radius 3 is 2.42 bits per heavy atom. The summed E-state index contributed by atoms with van der Waals surface area (Å²) in [5.41, 5.74) is -0.914. The zero-order valence-electron chi connectivity index (χ0n) is 14.0. The molecular weight excluding hydrogens is 320 g/mol. The van der Waals surface area contributed by atoms with E-state index in [0.29, 0.717) is 0 Å². The molecule has 0 saturated heterocycles. The van der Waals surface area contributed by atoms with Crippen LogP contribution in [0.25, 0.3) is 0 Å². The number of amides is 1. The lowest BCUT2D eigenvalue weighted by Crippen LogP contribution is -2.46. The van der Waals surface area contributed by atoms with E-state index in [9.17, 15) is 23.5 Å². The quantitative estimate of drug-likeness (QED) is 0.627. The van der Waals surface area contributed by atoms with Crippen LogP contribution in [-0.2, 0) is 4.79 Å². The minimum absolute atomic E-state index is 0.0326. The van der Waals surface area contributed by atoms with E-state index in [2.05, 4.69) is 5.32 Å². The van der Waals surface area contributed by atoms with Crippen molar-refractivity contribution >= 4 is 11.7 Å². The average molecular weight is 343 g/mol. The first-order valence-corrected chi connectivity index (χ1v) is 7.63. The fourth-order valence-electron chi connectivity index (χ4n) is 1.99. The van der Waals surface area contributed by atoms with E-state index in [1.165, 1.54) is 6.07 Å². The lowest BCUT2D eigenvalue weighted by molar-refractivity contribution is -0.137. The third kappa shape index (κ3) is 5.35. The first kappa shape index (κ1) is 20.2. The number of aliphatic hydroxyl groups is 2. The summed E-state index contributed by atoms with van der Waals surface area (Å²) in [5.74, 6) is -3.38. The van der Waals surface area contributed by atoms with Gasteiger partial charge in [-0.2, -0.15) is 0 Å². The Morgan fingerprint density at radius 1 is 1.25 bits per heavy atom. The summed E-state index contributed by atoms with van der Waals surface area (Å²) in [5, 5.41) is 21.5. The van der Waals surface area contributed by atoms with Gasteiger partial charge in [0.05, 0.1) is 6.61 Å². The number of benzene rings is 1. The summed E-state index contributed by atoms with van der Waals surface area (Å²) in [6.45, 7) is 4.58. The molecule has 0 fully saturated rings. The van der Waals surface area contributed by atoms with Gasteiger partial charge in [-0.15, -0.1) is 0 Å². The lowest BCUT2D eigenvalue weighted by Gasteiger charge is -2.27. The number of hydrogen-bond donors (Lipinski definition) is 3. The van der Waals surface area contributed by atoms with Crippen LogP contribution in [0.2, 0.25) is 0 Å². The van der Waals surface area contributed by atoms with Crippen LogP contribution in [0.15, 0.2) is 18.2 Å². The van der Waals surface area contributed by atoms with Gasteiger partial charge in [0, 0.05) is 23.9 Å². The molecule has 0 aliphatic heterocycles. The first-order valence-electron chi connectivity index (χ1n) is 7.63. The van der Waals surface area contributed by atoms with E-state index < -0.39 is 29.1 Å². The van der Waals surface area contributed by atoms with Crippen LogP contribution in [0.5, 0.6) is 0 Å².